The fourth-order valence-corrected chi connectivity index (χ4v) is 19.5. The molecule has 0 saturated heterocycles. The fourth-order valence-electron chi connectivity index (χ4n) is 19.5. The highest BCUT2D eigenvalue weighted by Gasteiger charge is 2.53. The molecule has 5 aliphatic rings. The number of benzene rings is 17. The highest BCUT2D eigenvalue weighted by Crippen LogP contribution is 2.66. The Hall–Kier alpha value is -15.1. The van der Waals surface area contributed by atoms with Crippen molar-refractivity contribution in [3.63, 3.8) is 0 Å². The molecule has 2 spiro atoms. The summed E-state index contributed by atoms with van der Waals surface area (Å²) >= 11 is 0. The Morgan fingerprint density at radius 2 is 0.600 bits per heavy atom. The smallest absolute Gasteiger partial charge is 0.164 e. The first-order chi connectivity index (χ1) is 56.9. The van der Waals surface area contributed by atoms with Crippen molar-refractivity contribution in [3.05, 3.63) is 426 Å². The van der Waals surface area contributed by atoms with Gasteiger partial charge in [-0.25, -0.2) is 29.9 Å². The molecule has 2 aliphatic heterocycles. The number of para-hydroxylation sites is 3. The highest BCUT2D eigenvalue weighted by molar-refractivity contribution is 6.10. The third-order valence-corrected chi connectivity index (χ3v) is 24.5. The van der Waals surface area contributed by atoms with Gasteiger partial charge in [0.2, 0.25) is 0 Å². The molecule has 4 heterocycles. The molecule has 2 aromatic heterocycles. The number of hydrogen-bond acceptors (Lipinski definition) is 8. The topological polar surface area (TPSA) is 95.8 Å². The van der Waals surface area contributed by atoms with Crippen LogP contribution in [0.3, 0.4) is 0 Å². The van der Waals surface area contributed by atoms with Crippen molar-refractivity contribution in [2.24, 2.45) is 0 Å². The molecule has 24 rings (SSSR count). The van der Waals surface area contributed by atoms with Gasteiger partial charge in [0.25, 0.3) is 0 Å². The molecule has 0 atom stereocenters. The molecule has 8 nitrogen and oxygen atoms in total. The van der Waals surface area contributed by atoms with Gasteiger partial charge in [-0.1, -0.05) is 328 Å². The van der Waals surface area contributed by atoms with Gasteiger partial charge < -0.3 is 9.47 Å². The normalized spacial score (nSPS) is 13.6. The molecular formula is C107H64N6O2. The SMILES string of the molecule is C1=Cc2cc(-c3nc(-c4ccccc4)nc(-c4cccc(-c5cccc6c5Oc5cc(-c7ccc8c(ccc9cc(-c%10nc(-c%11ccccc%11)nc(-c%11cccc(-c%12cccc%13c%12Oc%12ccccc%12C%13%12c%13ccccc%13-c%13ccccc%13%12)c%11)n%10)ccc98)c7)ccc5C65c6ccccc6-c6ccccc65)c4)n3)cc3cccc(c23)C1. The van der Waals surface area contributed by atoms with E-state index in [1.165, 1.54) is 66.4 Å². The van der Waals surface area contributed by atoms with E-state index in [-0.39, 0.29) is 0 Å². The first-order valence-electron chi connectivity index (χ1n) is 39.2. The maximum Gasteiger partial charge on any atom is 0.164 e. The van der Waals surface area contributed by atoms with Gasteiger partial charge in [-0.05, 0) is 165 Å². The molecular weight excluding hydrogens is 1400 g/mol. The molecule has 0 radical (unpaired) electrons. The number of fused-ring (bicyclic) bond motifs is 21. The third kappa shape index (κ3) is 9.79. The third-order valence-electron chi connectivity index (χ3n) is 24.5. The number of allylic oxidation sites excluding steroid dienone is 1. The van der Waals surface area contributed by atoms with Crippen molar-refractivity contribution in [1.82, 2.24) is 29.9 Å². The summed E-state index contributed by atoms with van der Waals surface area (Å²) in [5, 5.41) is 6.91. The van der Waals surface area contributed by atoms with Crippen LogP contribution < -0.4 is 9.47 Å². The molecule has 19 aromatic rings. The van der Waals surface area contributed by atoms with E-state index in [0.29, 0.717) is 34.9 Å². The van der Waals surface area contributed by atoms with Gasteiger partial charge >= 0.3 is 0 Å². The minimum atomic E-state index is -0.710. The van der Waals surface area contributed by atoms with Crippen LogP contribution in [-0.4, -0.2) is 29.9 Å². The van der Waals surface area contributed by atoms with Crippen molar-refractivity contribution in [2.75, 3.05) is 0 Å². The van der Waals surface area contributed by atoms with Crippen molar-refractivity contribution >= 4 is 38.4 Å². The van der Waals surface area contributed by atoms with E-state index in [1.54, 1.807) is 0 Å². The number of aromatic nitrogens is 6. The Morgan fingerprint density at radius 1 is 0.226 bits per heavy atom. The molecule has 0 amide bonds. The van der Waals surface area contributed by atoms with Crippen LogP contribution in [0.2, 0.25) is 0 Å². The van der Waals surface area contributed by atoms with E-state index in [2.05, 4.69) is 340 Å². The Morgan fingerprint density at radius 3 is 1.15 bits per heavy atom. The molecule has 17 aromatic carbocycles. The van der Waals surface area contributed by atoms with Gasteiger partial charge in [0.1, 0.15) is 23.0 Å². The minimum absolute atomic E-state index is 0.570. The summed E-state index contributed by atoms with van der Waals surface area (Å²) in [5.74, 6) is 6.83. The van der Waals surface area contributed by atoms with Crippen molar-refractivity contribution in [2.45, 2.75) is 17.3 Å². The lowest BCUT2D eigenvalue weighted by atomic mass is 9.65. The van der Waals surface area contributed by atoms with E-state index in [1.807, 2.05) is 36.4 Å². The Balaban J connectivity index is 0.589. The second-order valence-electron chi connectivity index (χ2n) is 30.6. The zero-order valence-corrected chi connectivity index (χ0v) is 62.0. The lowest BCUT2D eigenvalue weighted by Gasteiger charge is -2.40. The largest absolute Gasteiger partial charge is 0.456 e. The quantitative estimate of drug-likeness (QED) is 0.132. The predicted molar refractivity (Wildman–Crippen MR) is 462 cm³/mol. The molecule has 115 heavy (non-hydrogen) atoms. The number of nitrogens with zero attached hydrogens (tertiary/aromatic N) is 6. The summed E-state index contributed by atoms with van der Waals surface area (Å²) in [5.41, 5.74) is 26.9. The van der Waals surface area contributed by atoms with E-state index in [4.69, 9.17) is 39.4 Å². The van der Waals surface area contributed by atoms with Crippen LogP contribution in [0.5, 0.6) is 23.0 Å². The highest BCUT2D eigenvalue weighted by atomic mass is 16.5. The van der Waals surface area contributed by atoms with E-state index in [0.717, 1.165) is 140 Å². The van der Waals surface area contributed by atoms with E-state index >= 15 is 0 Å². The maximum atomic E-state index is 7.59. The van der Waals surface area contributed by atoms with Crippen molar-refractivity contribution in [1.29, 1.82) is 0 Å². The lowest BCUT2D eigenvalue weighted by Crippen LogP contribution is -2.32. The van der Waals surface area contributed by atoms with E-state index in [9.17, 15) is 0 Å². The second kappa shape index (κ2) is 25.2. The van der Waals surface area contributed by atoms with Crippen LogP contribution in [0.1, 0.15) is 55.6 Å². The Bertz CT molecular complexity index is 7320. The average molecular weight is 1470 g/mol. The molecule has 0 N–H and O–H groups in total. The number of hydrogen-bond donors (Lipinski definition) is 0. The van der Waals surface area contributed by atoms with Crippen LogP contribution in [0.15, 0.2) is 370 Å². The van der Waals surface area contributed by atoms with Crippen molar-refractivity contribution < 1.29 is 9.47 Å². The van der Waals surface area contributed by atoms with Crippen LogP contribution >= 0.6 is 0 Å². The standard InChI is InChI=1S/C107H64N6O2/c1-3-23-65(24-4-1)100-108-102(75-33-19-29-69(58-75)81-39-21-46-93-98(81)114-95-48-16-15-45-91(95)106(93)87-41-11-7-35-83(87)84-36-8-12-42-88(84)106)112-104(110-100)77-52-55-80-72(60-77)50-49-71-57-67(51-54-79(71)80)68-53-56-92-96(63-68)115-99-82(40-22-47-94(99)107(92)89-43-13-9-37-85(89)86-38-10-14-44-90(86)107)70-30-20-34-76(59-70)103-109-101(66-25-5-2-6-26-66)111-105(113-103)78-61-73-31-17-27-64-28-18-32-74(62-78)97(64)73/h1-27,29-63H,28H2. The van der Waals surface area contributed by atoms with Gasteiger partial charge in [0.15, 0.2) is 34.9 Å². The molecule has 0 bridgehead atoms. The summed E-state index contributed by atoms with van der Waals surface area (Å²) < 4.78 is 14.7. The minimum Gasteiger partial charge on any atom is -0.456 e. The summed E-state index contributed by atoms with van der Waals surface area (Å²) in [4.78, 5) is 31.7. The number of rotatable bonds is 9. The average Bonchev–Trinajstić information content (AvgIpc) is 1.55. The molecule has 3 aliphatic carbocycles. The van der Waals surface area contributed by atoms with Gasteiger partial charge in [0, 0.05) is 66.8 Å². The predicted octanol–water partition coefficient (Wildman–Crippen LogP) is 26.0. The zero-order valence-electron chi connectivity index (χ0n) is 62.0. The van der Waals surface area contributed by atoms with Gasteiger partial charge in [-0.15, -0.1) is 0 Å². The Labute approximate surface area is 663 Å². The van der Waals surface area contributed by atoms with Gasteiger partial charge in [-0.2, -0.15) is 0 Å². The van der Waals surface area contributed by atoms with Gasteiger partial charge in [-0.3, -0.25) is 0 Å². The molecule has 8 heteroatoms. The van der Waals surface area contributed by atoms with Crippen LogP contribution in [0.4, 0.5) is 0 Å². The monoisotopic (exact) mass is 1460 g/mol. The summed E-state index contributed by atoms with van der Waals surface area (Å²) in [6, 6.07) is 131. The lowest BCUT2D eigenvalue weighted by molar-refractivity contribution is 0.438. The van der Waals surface area contributed by atoms with Crippen LogP contribution in [0.25, 0.3) is 162 Å². The number of ether oxygens (including phenoxy) is 2. The van der Waals surface area contributed by atoms with E-state index < -0.39 is 10.8 Å². The van der Waals surface area contributed by atoms with Crippen LogP contribution in [-0.2, 0) is 17.3 Å². The molecule has 0 saturated carbocycles. The zero-order chi connectivity index (χ0) is 75.5. The maximum absolute atomic E-state index is 7.59. The summed E-state index contributed by atoms with van der Waals surface area (Å²) in [6.45, 7) is 0. The molecule has 0 unspecified atom stereocenters. The molecule has 0 fully saturated rings. The summed E-state index contributed by atoms with van der Waals surface area (Å²) in [7, 11) is 0. The fraction of sp³-hybridized carbons (Fsp3) is 0.0280. The Kier molecular flexibility index (Phi) is 14.2. The van der Waals surface area contributed by atoms with Crippen LogP contribution in [0, 0.1) is 0 Å². The first kappa shape index (κ1) is 64.7. The van der Waals surface area contributed by atoms with Gasteiger partial charge in [0.05, 0.1) is 10.8 Å². The second-order valence-corrected chi connectivity index (χ2v) is 30.6. The molecule has 534 valence electrons. The first-order valence-corrected chi connectivity index (χ1v) is 39.2. The van der Waals surface area contributed by atoms with Crippen molar-refractivity contribution in [3.8, 4) is 147 Å². The summed E-state index contributed by atoms with van der Waals surface area (Å²) in [6.07, 6.45) is 5.38.